The Labute approximate surface area is 183 Å². The molecule has 1 atom stereocenters. The van der Waals surface area contributed by atoms with Gasteiger partial charge < -0.3 is 19.5 Å². The summed E-state index contributed by atoms with van der Waals surface area (Å²) in [5, 5.41) is 11.2. The number of ketones is 1. The molecule has 2 aromatic carbocycles. The summed E-state index contributed by atoms with van der Waals surface area (Å²) in [4.78, 5) is 27.5. The third-order valence-electron chi connectivity index (χ3n) is 5.66. The van der Waals surface area contributed by atoms with Gasteiger partial charge in [-0.3, -0.25) is 9.59 Å². The second-order valence-electron chi connectivity index (χ2n) is 7.65. The molecule has 1 heterocycles. The molecule has 31 heavy (non-hydrogen) atoms. The number of carbonyl (C=O) groups excluding carboxylic acids is 2. The van der Waals surface area contributed by atoms with Crippen molar-refractivity contribution in [1.29, 1.82) is 0 Å². The maximum absolute atomic E-state index is 13.0. The number of hydrogen-bond donors (Lipinski definition) is 1. The molecule has 1 amide bonds. The summed E-state index contributed by atoms with van der Waals surface area (Å²) in [6, 6.07) is 11.8. The minimum absolute atomic E-state index is 0.111. The van der Waals surface area contributed by atoms with Crippen LogP contribution in [-0.2, 0) is 9.59 Å². The number of aryl methyl sites for hydroxylation is 1. The normalized spacial score (nSPS) is 17.8. The molecule has 164 valence electrons. The van der Waals surface area contributed by atoms with Crippen LogP contribution in [0.4, 0.5) is 0 Å². The highest BCUT2D eigenvalue weighted by molar-refractivity contribution is 6.46. The lowest BCUT2D eigenvalue weighted by Crippen LogP contribution is -2.30. The van der Waals surface area contributed by atoms with E-state index in [9.17, 15) is 14.7 Å². The first-order valence-corrected chi connectivity index (χ1v) is 10.5. The van der Waals surface area contributed by atoms with Crippen molar-refractivity contribution in [1.82, 2.24) is 4.90 Å². The van der Waals surface area contributed by atoms with Gasteiger partial charge in [0.15, 0.2) is 0 Å². The summed E-state index contributed by atoms with van der Waals surface area (Å²) >= 11 is 0. The molecule has 0 bridgehead atoms. The highest BCUT2D eigenvalue weighted by Crippen LogP contribution is 2.40. The Morgan fingerprint density at radius 1 is 1.00 bits per heavy atom. The molecule has 0 spiro atoms. The van der Waals surface area contributed by atoms with E-state index >= 15 is 0 Å². The molecule has 2 aromatic rings. The summed E-state index contributed by atoms with van der Waals surface area (Å²) in [7, 11) is 3.15. The quantitative estimate of drug-likeness (QED) is 0.290. The van der Waals surface area contributed by atoms with E-state index in [0.717, 1.165) is 30.4 Å². The number of benzene rings is 2. The smallest absolute Gasteiger partial charge is 0.295 e. The molecule has 0 aliphatic carbocycles. The summed E-state index contributed by atoms with van der Waals surface area (Å²) in [6.07, 6.45) is 2.75. The zero-order valence-corrected chi connectivity index (χ0v) is 18.5. The van der Waals surface area contributed by atoms with Crippen molar-refractivity contribution in [3.05, 3.63) is 64.7 Å². The van der Waals surface area contributed by atoms with Gasteiger partial charge in [-0.1, -0.05) is 31.9 Å². The first kappa shape index (κ1) is 22.4. The van der Waals surface area contributed by atoms with Crippen LogP contribution in [-0.4, -0.2) is 42.5 Å². The molecule has 6 nitrogen and oxygen atoms in total. The first-order chi connectivity index (χ1) is 14.9. The number of aliphatic hydroxyl groups is 1. The number of methoxy groups -OCH3 is 2. The Kier molecular flexibility index (Phi) is 7.00. The molecule has 1 fully saturated rings. The van der Waals surface area contributed by atoms with Gasteiger partial charge in [-0.15, -0.1) is 0 Å². The fourth-order valence-electron chi connectivity index (χ4n) is 3.95. The van der Waals surface area contributed by atoms with Crippen molar-refractivity contribution in [2.45, 2.75) is 39.2 Å². The Morgan fingerprint density at radius 2 is 1.65 bits per heavy atom. The van der Waals surface area contributed by atoms with Crippen molar-refractivity contribution in [2.75, 3.05) is 20.8 Å². The molecule has 0 aromatic heterocycles. The highest BCUT2D eigenvalue weighted by Gasteiger charge is 2.45. The fourth-order valence-corrected chi connectivity index (χ4v) is 3.95. The highest BCUT2D eigenvalue weighted by atomic mass is 16.5. The van der Waals surface area contributed by atoms with Crippen LogP contribution < -0.4 is 9.47 Å². The second kappa shape index (κ2) is 9.69. The van der Waals surface area contributed by atoms with Gasteiger partial charge in [-0.25, -0.2) is 0 Å². The number of carbonyl (C=O) groups is 2. The third kappa shape index (κ3) is 4.43. The number of likely N-dealkylation sites (tertiary alicyclic amines) is 1. The number of Topliss-reactive ketones (excluding diaryl/α,β-unsaturated/α-hetero) is 1. The Morgan fingerprint density at radius 3 is 2.23 bits per heavy atom. The van der Waals surface area contributed by atoms with Gasteiger partial charge in [-0.2, -0.15) is 0 Å². The van der Waals surface area contributed by atoms with Crippen LogP contribution >= 0.6 is 0 Å². The van der Waals surface area contributed by atoms with Crippen LogP contribution in [0.15, 0.2) is 48.0 Å². The van der Waals surface area contributed by atoms with Crippen molar-refractivity contribution < 1.29 is 24.2 Å². The van der Waals surface area contributed by atoms with E-state index in [-0.39, 0.29) is 11.3 Å². The lowest BCUT2D eigenvalue weighted by Gasteiger charge is -2.25. The van der Waals surface area contributed by atoms with Crippen LogP contribution in [0.2, 0.25) is 0 Å². The van der Waals surface area contributed by atoms with E-state index in [2.05, 4.69) is 6.92 Å². The maximum atomic E-state index is 13.0. The number of ether oxygens (including phenoxy) is 2. The topological polar surface area (TPSA) is 76.1 Å². The van der Waals surface area contributed by atoms with Crippen molar-refractivity contribution in [3.8, 4) is 11.5 Å². The summed E-state index contributed by atoms with van der Waals surface area (Å²) in [6.45, 7) is 4.37. The average molecular weight is 424 g/mol. The van der Waals surface area contributed by atoms with Crippen LogP contribution in [0.3, 0.4) is 0 Å². The van der Waals surface area contributed by atoms with Gasteiger partial charge in [0.2, 0.25) is 0 Å². The maximum Gasteiger partial charge on any atom is 0.295 e. The minimum Gasteiger partial charge on any atom is -0.507 e. The number of aliphatic hydroxyl groups excluding tert-OH is 1. The molecule has 6 heteroatoms. The van der Waals surface area contributed by atoms with Gasteiger partial charge in [0, 0.05) is 12.1 Å². The zero-order chi connectivity index (χ0) is 22.5. The van der Waals surface area contributed by atoms with Crippen LogP contribution in [0.25, 0.3) is 5.76 Å². The second-order valence-corrected chi connectivity index (χ2v) is 7.65. The van der Waals surface area contributed by atoms with Gasteiger partial charge in [0.1, 0.15) is 17.3 Å². The van der Waals surface area contributed by atoms with Gasteiger partial charge in [-0.05, 0) is 54.8 Å². The molecular weight excluding hydrogens is 394 g/mol. The number of nitrogens with zero attached hydrogens (tertiary/aromatic N) is 1. The Hall–Kier alpha value is -3.28. The molecule has 1 N–H and O–H groups in total. The minimum atomic E-state index is -0.662. The SMILES string of the molecule is CCCCCN1C(=O)C(=O)/C(=C(\O)c2ccc(OC)cc2C)C1c1ccc(OC)cc1. The molecular formula is C25H29NO5. The molecule has 1 saturated heterocycles. The molecule has 0 saturated carbocycles. The van der Waals surface area contributed by atoms with Crippen LogP contribution in [0, 0.1) is 6.92 Å². The van der Waals surface area contributed by atoms with E-state index in [1.807, 2.05) is 19.1 Å². The first-order valence-electron chi connectivity index (χ1n) is 10.5. The fraction of sp³-hybridized carbons (Fsp3) is 0.360. The monoisotopic (exact) mass is 423 g/mol. The molecule has 1 aliphatic rings. The molecule has 3 rings (SSSR count). The third-order valence-corrected chi connectivity index (χ3v) is 5.66. The average Bonchev–Trinajstić information content (AvgIpc) is 3.03. The van der Waals surface area contributed by atoms with E-state index in [4.69, 9.17) is 9.47 Å². The summed E-state index contributed by atoms with van der Waals surface area (Å²) in [5.41, 5.74) is 2.12. The number of rotatable bonds is 8. The van der Waals surface area contributed by atoms with E-state index in [1.165, 1.54) is 0 Å². The van der Waals surface area contributed by atoms with Gasteiger partial charge >= 0.3 is 0 Å². The van der Waals surface area contributed by atoms with Gasteiger partial charge in [0.05, 0.1) is 25.8 Å². The van der Waals surface area contributed by atoms with Gasteiger partial charge in [0.25, 0.3) is 11.7 Å². The predicted molar refractivity (Wildman–Crippen MR) is 119 cm³/mol. The Bertz CT molecular complexity index is 993. The Balaban J connectivity index is 2.13. The standard InChI is InChI=1S/C25H29NO5/c1-5-6-7-14-26-22(17-8-10-18(30-3)11-9-17)21(24(28)25(26)29)23(27)20-13-12-19(31-4)15-16(20)2/h8-13,15,22,27H,5-7,14H2,1-4H3/b23-21-. The lowest BCUT2D eigenvalue weighted by atomic mass is 9.93. The van der Waals surface area contributed by atoms with Crippen LogP contribution in [0.1, 0.15) is 48.9 Å². The number of amides is 1. The largest absolute Gasteiger partial charge is 0.507 e. The summed E-state index contributed by atoms with van der Waals surface area (Å²) < 4.78 is 10.5. The molecule has 0 radical (unpaired) electrons. The lowest BCUT2D eigenvalue weighted by molar-refractivity contribution is -0.139. The summed E-state index contributed by atoms with van der Waals surface area (Å²) in [5.74, 6) is -0.0783. The number of unbranched alkanes of at least 4 members (excludes halogenated alkanes) is 2. The van der Waals surface area contributed by atoms with Crippen molar-refractivity contribution in [3.63, 3.8) is 0 Å². The van der Waals surface area contributed by atoms with Crippen molar-refractivity contribution in [2.24, 2.45) is 0 Å². The van der Waals surface area contributed by atoms with E-state index in [1.54, 1.807) is 49.5 Å². The molecule has 1 unspecified atom stereocenters. The molecule has 1 aliphatic heterocycles. The van der Waals surface area contributed by atoms with Crippen molar-refractivity contribution >= 4 is 17.4 Å². The zero-order valence-electron chi connectivity index (χ0n) is 18.5. The number of hydrogen-bond acceptors (Lipinski definition) is 5. The predicted octanol–water partition coefficient (Wildman–Crippen LogP) is 4.62. The van der Waals surface area contributed by atoms with Crippen LogP contribution in [0.5, 0.6) is 11.5 Å². The van der Waals surface area contributed by atoms with E-state index in [0.29, 0.717) is 23.6 Å². The van der Waals surface area contributed by atoms with E-state index < -0.39 is 17.7 Å².